The van der Waals surface area contributed by atoms with E-state index in [4.69, 9.17) is 9.47 Å². The largest absolute Gasteiger partial charge is 0.486 e. The molecule has 2 heterocycles. The molecule has 0 aliphatic carbocycles. The summed E-state index contributed by atoms with van der Waals surface area (Å²) in [6.07, 6.45) is -4.71. The summed E-state index contributed by atoms with van der Waals surface area (Å²) in [5, 5.41) is 0.495. The van der Waals surface area contributed by atoms with E-state index in [2.05, 4.69) is 4.98 Å². The minimum Gasteiger partial charge on any atom is -0.486 e. The first kappa shape index (κ1) is 21.2. The van der Waals surface area contributed by atoms with E-state index in [1.807, 2.05) is 24.3 Å². The van der Waals surface area contributed by atoms with Gasteiger partial charge in [-0.3, -0.25) is 4.79 Å². The minimum absolute atomic E-state index is 0.226. The first-order valence-corrected chi connectivity index (χ1v) is 10.3. The van der Waals surface area contributed by atoms with Crippen LogP contribution in [0.4, 0.5) is 13.2 Å². The van der Waals surface area contributed by atoms with Gasteiger partial charge in [0.05, 0.1) is 17.8 Å². The highest BCUT2D eigenvalue weighted by Crippen LogP contribution is 2.34. The molecule has 0 fully saturated rings. The number of thiazole rings is 1. The molecule has 5 nitrogen and oxygen atoms in total. The number of alkyl halides is 3. The SMILES string of the molecule is Cc1nc(-c2ccc(C(F)(F)F)cc2)sc1C(=O)N(C)C[C@H]1COc2ccccc2O1. The number of rotatable bonds is 4. The number of para-hydroxylation sites is 2. The smallest absolute Gasteiger partial charge is 0.416 e. The highest BCUT2D eigenvalue weighted by molar-refractivity contribution is 7.17. The predicted molar refractivity (Wildman–Crippen MR) is 111 cm³/mol. The van der Waals surface area contributed by atoms with Crippen LogP contribution in [0.5, 0.6) is 11.5 Å². The molecule has 31 heavy (non-hydrogen) atoms. The Kier molecular flexibility index (Phi) is 5.62. The topological polar surface area (TPSA) is 51.7 Å². The number of halogens is 3. The van der Waals surface area contributed by atoms with Gasteiger partial charge in [0, 0.05) is 12.6 Å². The van der Waals surface area contributed by atoms with Gasteiger partial charge in [0.2, 0.25) is 0 Å². The average molecular weight is 448 g/mol. The zero-order valence-electron chi connectivity index (χ0n) is 16.8. The number of hydrogen-bond donors (Lipinski definition) is 0. The predicted octanol–water partition coefficient (Wildman–Crippen LogP) is 5.05. The van der Waals surface area contributed by atoms with E-state index in [0.29, 0.717) is 45.8 Å². The molecular weight excluding hydrogens is 429 g/mol. The molecule has 0 unspecified atom stereocenters. The van der Waals surface area contributed by atoms with Gasteiger partial charge in [-0.15, -0.1) is 11.3 Å². The number of aryl methyl sites for hydroxylation is 1. The number of nitrogens with zero attached hydrogens (tertiary/aromatic N) is 2. The maximum Gasteiger partial charge on any atom is 0.416 e. The van der Waals surface area contributed by atoms with Crippen molar-refractivity contribution in [2.24, 2.45) is 0 Å². The summed E-state index contributed by atoms with van der Waals surface area (Å²) in [5.74, 6) is 1.08. The van der Waals surface area contributed by atoms with E-state index in [0.717, 1.165) is 23.5 Å². The molecule has 3 aromatic rings. The summed E-state index contributed by atoms with van der Waals surface area (Å²) in [6, 6.07) is 12.1. The summed E-state index contributed by atoms with van der Waals surface area (Å²) in [7, 11) is 1.67. The Morgan fingerprint density at radius 3 is 2.52 bits per heavy atom. The third-order valence-electron chi connectivity index (χ3n) is 4.84. The van der Waals surface area contributed by atoms with Gasteiger partial charge in [0.1, 0.15) is 16.5 Å². The van der Waals surface area contributed by atoms with Crippen LogP contribution in [0.2, 0.25) is 0 Å². The van der Waals surface area contributed by atoms with E-state index in [1.165, 1.54) is 12.1 Å². The zero-order valence-corrected chi connectivity index (χ0v) is 17.6. The fourth-order valence-electron chi connectivity index (χ4n) is 3.23. The molecular formula is C22H19F3N2O3S. The molecule has 9 heteroatoms. The van der Waals surface area contributed by atoms with Crippen LogP contribution in [0.3, 0.4) is 0 Å². The third kappa shape index (κ3) is 4.51. The highest BCUT2D eigenvalue weighted by Gasteiger charge is 2.30. The number of ether oxygens (including phenoxy) is 2. The van der Waals surface area contributed by atoms with Crippen LogP contribution in [0.25, 0.3) is 10.6 Å². The average Bonchev–Trinajstić information content (AvgIpc) is 3.14. The molecule has 2 aromatic carbocycles. The van der Waals surface area contributed by atoms with Crippen LogP contribution >= 0.6 is 11.3 Å². The second kappa shape index (κ2) is 8.22. The Hall–Kier alpha value is -3.07. The van der Waals surface area contributed by atoms with Crippen LogP contribution in [0.1, 0.15) is 20.9 Å². The van der Waals surface area contributed by atoms with Crippen molar-refractivity contribution in [3.8, 4) is 22.1 Å². The zero-order chi connectivity index (χ0) is 22.2. The number of likely N-dealkylation sites (N-methyl/N-ethyl adjacent to an activating group) is 1. The number of aromatic nitrogens is 1. The van der Waals surface area contributed by atoms with Crippen LogP contribution in [-0.2, 0) is 6.18 Å². The number of benzene rings is 2. The molecule has 1 aliphatic rings. The second-order valence-corrected chi connectivity index (χ2v) is 8.19. The van der Waals surface area contributed by atoms with Gasteiger partial charge in [0.15, 0.2) is 17.6 Å². The number of carbonyl (C=O) groups excluding carboxylic acids is 1. The molecule has 0 radical (unpaired) electrons. The third-order valence-corrected chi connectivity index (χ3v) is 6.04. The van der Waals surface area contributed by atoms with Gasteiger partial charge in [-0.05, 0) is 31.2 Å². The summed E-state index contributed by atoms with van der Waals surface area (Å²) < 4.78 is 49.9. The van der Waals surface area contributed by atoms with Crippen LogP contribution < -0.4 is 9.47 Å². The number of hydrogen-bond acceptors (Lipinski definition) is 5. The standard InChI is InChI=1S/C22H19F3N2O3S/c1-13-19(31-20(26-13)14-7-9-15(10-8-14)22(23,24)25)21(28)27(2)11-16-12-29-17-5-3-4-6-18(17)30-16/h3-10,16H,11-12H2,1-2H3/t16-/m0/s1. The molecule has 162 valence electrons. The number of carbonyl (C=O) groups is 1. The lowest BCUT2D eigenvalue weighted by atomic mass is 10.1. The number of amides is 1. The van der Waals surface area contributed by atoms with Gasteiger partial charge >= 0.3 is 6.18 Å². The van der Waals surface area contributed by atoms with Crippen LogP contribution in [-0.4, -0.2) is 42.1 Å². The van der Waals surface area contributed by atoms with Gasteiger partial charge in [-0.25, -0.2) is 4.98 Å². The maximum atomic E-state index is 13.0. The Morgan fingerprint density at radius 1 is 1.16 bits per heavy atom. The maximum absolute atomic E-state index is 13.0. The first-order chi connectivity index (χ1) is 14.7. The normalized spacial score (nSPS) is 15.6. The lowest BCUT2D eigenvalue weighted by Crippen LogP contribution is -2.41. The van der Waals surface area contributed by atoms with Crippen molar-refractivity contribution in [1.82, 2.24) is 9.88 Å². The molecule has 4 rings (SSSR count). The molecule has 0 spiro atoms. The van der Waals surface area contributed by atoms with Crippen LogP contribution in [0, 0.1) is 6.92 Å². The summed E-state index contributed by atoms with van der Waals surface area (Å²) in [4.78, 5) is 19.3. The molecule has 1 aliphatic heterocycles. The second-order valence-electron chi connectivity index (χ2n) is 7.19. The number of fused-ring (bicyclic) bond motifs is 1. The molecule has 1 amide bonds. The van der Waals surface area contributed by atoms with E-state index >= 15 is 0 Å². The first-order valence-electron chi connectivity index (χ1n) is 9.51. The Bertz CT molecular complexity index is 1100. The lowest BCUT2D eigenvalue weighted by molar-refractivity contribution is -0.137. The Balaban J connectivity index is 1.46. The van der Waals surface area contributed by atoms with Crippen molar-refractivity contribution in [3.05, 3.63) is 64.7 Å². The summed E-state index contributed by atoms with van der Waals surface area (Å²) in [6.45, 7) is 2.36. The van der Waals surface area contributed by atoms with E-state index in [1.54, 1.807) is 18.9 Å². The Morgan fingerprint density at radius 2 is 1.84 bits per heavy atom. The van der Waals surface area contributed by atoms with E-state index in [-0.39, 0.29) is 12.0 Å². The molecule has 0 saturated heterocycles. The van der Waals surface area contributed by atoms with Crippen LogP contribution in [0.15, 0.2) is 48.5 Å². The van der Waals surface area contributed by atoms with Crippen molar-refractivity contribution in [2.45, 2.75) is 19.2 Å². The summed E-state index contributed by atoms with van der Waals surface area (Å²) >= 11 is 1.16. The fourth-order valence-corrected chi connectivity index (χ4v) is 4.30. The van der Waals surface area contributed by atoms with Crippen molar-refractivity contribution < 1.29 is 27.4 Å². The van der Waals surface area contributed by atoms with E-state index < -0.39 is 11.7 Å². The molecule has 0 saturated carbocycles. The quantitative estimate of drug-likeness (QED) is 0.561. The minimum atomic E-state index is -4.40. The van der Waals surface area contributed by atoms with Crippen molar-refractivity contribution >= 4 is 17.2 Å². The van der Waals surface area contributed by atoms with Gasteiger partial charge in [0.25, 0.3) is 5.91 Å². The highest BCUT2D eigenvalue weighted by atomic mass is 32.1. The van der Waals surface area contributed by atoms with Crippen molar-refractivity contribution in [2.75, 3.05) is 20.2 Å². The lowest BCUT2D eigenvalue weighted by Gasteiger charge is -2.29. The Labute approximate surface area is 181 Å². The van der Waals surface area contributed by atoms with Crippen molar-refractivity contribution in [1.29, 1.82) is 0 Å². The molecule has 1 aromatic heterocycles. The molecule has 0 N–H and O–H groups in total. The van der Waals surface area contributed by atoms with Gasteiger partial charge in [-0.1, -0.05) is 24.3 Å². The fraction of sp³-hybridized carbons (Fsp3) is 0.273. The summed E-state index contributed by atoms with van der Waals surface area (Å²) in [5.41, 5.74) is 0.336. The van der Waals surface area contributed by atoms with Crippen molar-refractivity contribution in [3.63, 3.8) is 0 Å². The monoisotopic (exact) mass is 448 g/mol. The van der Waals surface area contributed by atoms with E-state index in [9.17, 15) is 18.0 Å². The molecule has 1 atom stereocenters. The van der Waals surface area contributed by atoms with Gasteiger partial charge < -0.3 is 14.4 Å². The van der Waals surface area contributed by atoms with Gasteiger partial charge in [-0.2, -0.15) is 13.2 Å². The molecule has 0 bridgehead atoms.